The average molecular weight is 490 g/mol. The SMILES string of the molecule is Brc1ccc2c(c1)Oc1cc(-c3ccc4[nH]ccc4c3)ccc1N2CCN1CCOCC1. The van der Waals surface area contributed by atoms with Crippen molar-refractivity contribution in [3.63, 3.8) is 0 Å². The van der Waals surface area contributed by atoms with Crippen molar-refractivity contribution in [2.45, 2.75) is 0 Å². The molecule has 0 saturated carbocycles. The zero-order chi connectivity index (χ0) is 21.5. The Morgan fingerprint density at radius 1 is 0.812 bits per heavy atom. The van der Waals surface area contributed by atoms with Gasteiger partial charge in [0.2, 0.25) is 0 Å². The molecular weight excluding hydrogens is 466 g/mol. The number of hydrogen-bond donors (Lipinski definition) is 1. The molecule has 1 aromatic heterocycles. The molecule has 0 atom stereocenters. The quantitative estimate of drug-likeness (QED) is 0.371. The van der Waals surface area contributed by atoms with Gasteiger partial charge >= 0.3 is 0 Å². The second-order valence-corrected chi connectivity index (χ2v) is 9.20. The number of aromatic amines is 1. The van der Waals surface area contributed by atoms with Crippen LogP contribution in [0, 0.1) is 0 Å². The number of nitrogens with zero attached hydrogens (tertiary/aromatic N) is 2. The number of anilines is 2. The van der Waals surface area contributed by atoms with E-state index in [2.05, 4.69) is 91.4 Å². The van der Waals surface area contributed by atoms with Crippen LogP contribution in [0.3, 0.4) is 0 Å². The Morgan fingerprint density at radius 3 is 2.44 bits per heavy atom. The van der Waals surface area contributed by atoms with Gasteiger partial charge in [-0.05, 0) is 65.0 Å². The maximum Gasteiger partial charge on any atom is 0.152 e. The minimum atomic E-state index is 0.818. The second kappa shape index (κ2) is 8.28. The minimum Gasteiger partial charge on any atom is -0.453 e. The summed E-state index contributed by atoms with van der Waals surface area (Å²) in [5.74, 6) is 1.77. The van der Waals surface area contributed by atoms with E-state index in [0.717, 1.165) is 77.8 Å². The van der Waals surface area contributed by atoms with Gasteiger partial charge in [-0.3, -0.25) is 4.90 Å². The highest BCUT2D eigenvalue weighted by Crippen LogP contribution is 2.48. The monoisotopic (exact) mass is 489 g/mol. The van der Waals surface area contributed by atoms with Crippen molar-refractivity contribution in [1.82, 2.24) is 9.88 Å². The molecule has 162 valence electrons. The first kappa shape index (κ1) is 19.9. The lowest BCUT2D eigenvalue weighted by Crippen LogP contribution is -2.41. The molecule has 32 heavy (non-hydrogen) atoms. The van der Waals surface area contributed by atoms with Crippen molar-refractivity contribution in [2.75, 3.05) is 44.3 Å². The van der Waals surface area contributed by atoms with Crippen LogP contribution in [0.5, 0.6) is 11.5 Å². The largest absolute Gasteiger partial charge is 0.453 e. The topological polar surface area (TPSA) is 40.7 Å². The molecule has 6 heteroatoms. The van der Waals surface area contributed by atoms with Crippen LogP contribution in [-0.4, -0.2) is 49.3 Å². The zero-order valence-corrected chi connectivity index (χ0v) is 19.3. The summed E-state index contributed by atoms with van der Waals surface area (Å²) in [6, 6.07) is 21.4. The number of ether oxygens (including phenoxy) is 2. The molecule has 1 N–H and O–H groups in total. The van der Waals surface area contributed by atoms with Crippen LogP contribution in [-0.2, 0) is 4.74 Å². The van der Waals surface area contributed by atoms with Crippen LogP contribution < -0.4 is 9.64 Å². The van der Waals surface area contributed by atoms with Gasteiger partial charge in [0.1, 0.15) is 0 Å². The Labute approximate surface area is 195 Å². The number of nitrogens with one attached hydrogen (secondary N) is 1. The van der Waals surface area contributed by atoms with Crippen molar-refractivity contribution in [2.24, 2.45) is 0 Å². The molecule has 3 heterocycles. The lowest BCUT2D eigenvalue weighted by molar-refractivity contribution is 0.0394. The number of fused-ring (bicyclic) bond motifs is 3. The summed E-state index contributed by atoms with van der Waals surface area (Å²) >= 11 is 3.60. The van der Waals surface area contributed by atoms with E-state index >= 15 is 0 Å². The number of halogens is 1. The Bertz CT molecular complexity index is 1280. The third-order valence-corrected chi connectivity index (χ3v) is 6.81. The maximum absolute atomic E-state index is 6.40. The smallest absolute Gasteiger partial charge is 0.152 e. The number of morpholine rings is 1. The average Bonchev–Trinajstić information content (AvgIpc) is 3.30. The maximum atomic E-state index is 6.40. The van der Waals surface area contributed by atoms with Gasteiger partial charge in [-0.15, -0.1) is 0 Å². The Balaban J connectivity index is 1.36. The van der Waals surface area contributed by atoms with Crippen molar-refractivity contribution in [1.29, 1.82) is 0 Å². The second-order valence-electron chi connectivity index (χ2n) is 8.28. The molecule has 0 unspecified atom stereocenters. The molecule has 2 aliphatic heterocycles. The van der Waals surface area contributed by atoms with Crippen LogP contribution >= 0.6 is 15.9 Å². The molecule has 0 radical (unpaired) electrons. The minimum absolute atomic E-state index is 0.818. The van der Waals surface area contributed by atoms with Crippen molar-refractivity contribution >= 4 is 38.2 Å². The lowest BCUT2D eigenvalue weighted by atomic mass is 10.0. The molecular formula is C26H24BrN3O2. The van der Waals surface area contributed by atoms with Crippen LogP contribution in [0.25, 0.3) is 22.0 Å². The highest BCUT2D eigenvalue weighted by atomic mass is 79.9. The fourth-order valence-corrected chi connectivity index (χ4v) is 4.92. The van der Waals surface area contributed by atoms with Crippen molar-refractivity contribution in [3.05, 3.63) is 71.3 Å². The van der Waals surface area contributed by atoms with Gasteiger partial charge in [-0.1, -0.05) is 28.1 Å². The molecule has 0 spiro atoms. The summed E-state index contributed by atoms with van der Waals surface area (Å²) in [5.41, 5.74) is 5.70. The molecule has 0 aliphatic carbocycles. The number of rotatable bonds is 4. The van der Waals surface area contributed by atoms with Crippen LogP contribution in [0.1, 0.15) is 0 Å². The Morgan fingerprint density at radius 2 is 1.56 bits per heavy atom. The predicted octanol–water partition coefficient (Wildman–Crippen LogP) is 6.17. The van der Waals surface area contributed by atoms with E-state index in [4.69, 9.17) is 9.47 Å². The van der Waals surface area contributed by atoms with E-state index in [1.165, 1.54) is 10.9 Å². The standard InChI is InChI=1S/C26H24BrN3O2/c27-21-3-6-24-26(17-21)32-25-16-19(18-1-4-22-20(15-18)7-8-28-22)2-5-23(25)30(24)10-9-29-11-13-31-14-12-29/h1-8,15-17,28H,9-14H2. The molecule has 0 amide bonds. The highest BCUT2D eigenvalue weighted by molar-refractivity contribution is 9.10. The first-order valence-corrected chi connectivity index (χ1v) is 11.8. The van der Waals surface area contributed by atoms with E-state index in [1.807, 2.05) is 6.20 Å². The number of hydrogen-bond acceptors (Lipinski definition) is 4. The summed E-state index contributed by atoms with van der Waals surface area (Å²) in [4.78, 5) is 8.12. The number of H-pyrrole nitrogens is 1. The summed E-state index contributed by atoms with van der Waals surface area (Å²) in [6.07, 6.45) is 1.98. The molecule has 5 nitrogen and oxygen atoms in total. The van der Waals surface area contributed by atoms with Crippen molar-refractivity contribution < 1.29 is 9.47 Å². The van der Waals surface area contributed by atoms with E-state index in [-0.39, 0.29) is 0 Å². The third kappa shape index (κ3) is 3.68. The van der Waals surface area contributed by atoms with Gasteiger partial charge in [0.15, 0.2) is 11.5 Å². The van der Waals surface area contributed by atoms with Crippen LogP contribution in [0.2, 0.25) is 0 Å². The molecule has 2 aliphatic rings. The number of aromatic nitrogens is 1. The van der Waals surface area contributed by atoms with E-state index < -0.39 is 0 Å². The highest BCUT2D eigenvalue weighted by Gasteiger charge is 2.26. The lowest BCUT2D eigenvalue weighted by Gasteiger charge is -2.35. The summed E-state index contributed by atoms with van der Waals surface area (Å²) < 4.78 is 12.9. The Hall–Kier alpha value is -2.80. The molecule has 6 rings (SSSR count). The van der Waals surface area contributed by atoms with Gasteiger partial charge in [-0.2, -0.15) is 0 Å². The molecule has 4 aromatic rings. The van der Waals surface area contributed by atoms with E-state index in [0.29, 0.717) is 0 Å². The van der Waals surface area contributed by atoms with Gasteiger partial charge in [0.25, 0.3) is 0 Å². The normalized spacial score (nSPS) is 16.0. The summed E-state index contributed by atoms with van der Waals surface area (Å²) in [7, 11) is 0. The van der Waals surface area contributed by atoms with E-state index in [9.17, 15) is 0 Å². The fourth-order valence-electron chi connectivity index (χ4n) is 4.58. The van der Waals surface area contributed by atoms with Crippen LogP contribution in [0.15, 0.2) is 71.3 Å². The molecule has 3 aromatic carbocycles. The number of benzene rings is 3. The van der Waals surface area contributed by atoms with Gasteiger partial charge in [-0.25, -0.2) is 0 Å². The molecule has 1 saturated heterocycles. The Kier molecular flexibility index (Phi) is 5.14. The van der Waals surface area contributed by atoms with Gasteiger partial charge in [0.05, 0.1) is 24.6 Å². The van der Waals surface area contributed by atoms with Gasteiger partial charge < -0.3 is 19.4 Å². The summed E-state index contributed by atoms with van der Waals surface area (Å²) in [6.45, 7) is 5.51. The summed E-state index contributed by atoms with van der Waals surface area (Å²) in [5, 5.41) is 1.21. The predicted molar refractivity (Wildman–Crippen MR) is 132 cm³/mol. The third-order valence-electron chi connectivity index (χ3n) is 6.31. The first-order valence-electron chi connectivity index (χ1n) is 11.0. The zero-order valence-electron chi connectivity index (χ0n) is 17.7. The van der Waals surface area contributed by atoms with E-state index in [1.54, 1.807) is 0 Å². The molecule has 0 bridgehead atoms. The van der Waals surface area contributed by atoms with Gasteiger partial charge in [0, 0.05) is 42.4 Å². The van der Waals surface area contributed by atoms with Crippen LogP contribution in [0.4, 0.5) is 11.4 Å². The van der Waals surface area contributed by atoms with Crippen molar-refractivity contribution in [3.8, 4) is 22.6 Å². The fraction of sp³-hybridized carbons (Fsp3) is 0.231. The first-order chi connectivity index (χ1) is 15.7. The molecule has 1 fully saturated rings.